The molecule has 0 aliphatic heterocycles. The first-order valence-corrected chi connectivity index (χ1v) is 39.9. The van der Waals surface area contributed by atoms with Gasteiger partial charge in [0.05, 0.1) is 39.7 Å². The standard InChI is InChI=1S/C90H76F4N4O2S4/c1-5-9-13-17-21-53-25-33-59(34-26-53)89(60-35-27-54(28-36-60)22-18-14-10-6-2)71-43-63(41-69-77(57(49-95)50-96)65-45-73(91)75(93)47-67(65)81(69)99)101-83(71)85-79(89)87-88(103-85)80-86(104-87)84-72(44-64(102-84)42-70-78(58(51-97)52-98)66-46-74(92)76(94)48-68(66)82(70)100)90(80,61-37-29-55(30-38-61)23-19-15-11-7-3)62-39-31-56(32-40-62)24-20-16-12-8-4/h25-48H,5-24H2,1-4H3/b69-41-,70-42-. The molecule has 6 nitrogen and oxygen atoms in total. The van der Waals surface area contributed by atoms with Crippen LogP contribution >= 0.6 is 45.3 Å². The number of thiophene rings is 4. The molecule has 14 heteroatoms. The zero-order valence-electron chi connectivity index (χ0n) is 58.7. The van der Waals surface area contributed by atoms with Gasteiger partial charge in [-0.3, -0.25) is 9.59 Å². The van der Waals surface area contributed by atoms with Crippen molar-refractivity contribution in [2.75, 3.05) is 0 Å². The maximum absolute atomic E-state index is 15.3. The number of nitrogens with zero attached hydrogens (tertiary/aromatic N) is 4. The molecule has 0 amide bonds. The van der Waals surface area contributed by atoms with Gasteiger partial charge in [0, 0.05) is 54.3 Å². The summed E-state index contributed by atoms with van der Waals surface area (Å²) in [6.45, 7) is 8.87. The second-order valence-electron chi connectivity index (χ2n) is 27.9. The van der Waals surface area contributed by atoms with Crippen molar-refractivity contribution >= 4 is 89.6 Å². The second-order valence-corrected chi connectivity index (χ2v) is 32.1. The van der Waals surface area contributed by atoms with E-state index in [4.69, 9.17) is 0 Å². The van der Waals surface area contributed by atoms with Crippen molar-refractivity contribution < 1.29 is 27.2 Å². The number of halogens is 4. The van der Waals surface area contributed by atoms with Gasteiger partial charge in [0.2, 0.25) is 0 Å². The Morgan fingerprint density at radius 2 is 0.644 bits per heavy atom. The number of benzene rings is 6. The molecule has 520 valence electrons. The molecule has 4 aliphatic carbocycles. The summed E-state index contributed by atoms with van der Waals surface area (Å²) in [6.07, 6.45) is 24.8. The lowest BCUT2D eigenvalue weighted by atomic mass is 9.67. The van der Waals surface area contributed by atoms with Gasteiger partial charge in [-0.1, -0.05) is 202 Å². The third-order valence-corrected chi connectivity index (χ3v) is 26.6. The summed E-state index contributed by atoms with van der Waals surface area (Å²) in [6, 6.07) is 52.0. The lowest BCUT2D eigenvalue weighted by Crippen LogP contribution is -2.29. The maximum Gasteiger partial charge on any atom is 0.194 e. The molecule has 0 radical (unpaired) electrons. The molecular weight excluding hydrogens is 1370 g/mol. The van der Waals surface area contributed by atoms with Crippen molar-refractivity contribution in [3.05, 3.63) is 278 Å². The molecule has 0 saturated heterocycles. The number of unbranched alkanes of at least 4 members (excludes halogenated alkanes) is 12. The minimum absolute atomic E-state index is 0.00368. The Balaban J connectivity index is 1.07. The number of carbonyl (C=O) groups excluding carboxylic acids is 2. The Morgan fingerprint density at radius 3 is 0.913 bits per heavy atom. The van der Waals surface area contributed by atoms with Crippen molar-refractivity contribution in [2.24, 2.45) is 0 Å². The fraction of sp³-hybridized carbons (Fsp3) is 0.289. The summed E-state index contributed by atoms with van der Waals surface area (Å²) in [5, 5.41) is 41.8. The van der Waals surface area contributed by atoms with Crippen LogP contribution in [0.5, 0.6) is 0 Å². The fourth-order valence-corrected chi connectivity index (χ4v) is 22.1. The van der Waals surface area contributed by atoms with Crippen LogP contribution in [-0.4, -0.2) is 11.6 Å². The Labute approximate surface area is 622 Å². The molecule has 0 N–H and O–H groups in total. The van der Waals surface area contributed by atoms with Crippen LogP contribution < -0.4 is 0 Å². The van der Waals surface area contributed by atoms with E-state index in [1.165, 1.54) is 44.9 Å². The highest BCUT2D eigenvalue weighted by Gasteiger charge is 2.55. The van der Waals surface area contributed by atoms with E-state index >= 15 is 17.6 Å². The van der Waals surface area contributed by atoms with E-state index in [0.717, 1.165) is 226 Å². The molecule has 0 bridgehead atoms. The highest BCUT2D eigenvalue weighted by Crippen LogP contribution is 2.70. The first-order valence-electron chi connectivity index (χ1n) is 36.6. The summed E-state index contributed by atoms with van der Waals surface area (Å²) in [5.41, 5.74) is 10.0. The van der Waals surface area contributed by atoms with Gasteiger partial charge < -0.3 is 0 Å². The molecule has 4 aromatic heterocycles. The van der Waals surface area contributed by atoms with E-state index in [2.05, 4.69) is 137 Å². The summed E-state index contributed by atoms with van der Waals surface area (Å²) < 4.78 is 63.1. The zero-order chi connectivity index (χ0) is 72.6. The summed E-state index contributed by atoms with van der Waals surface area (Å²) in [5.74, 6) is -6.08. The van der Waals surface area contributed by atoms with Gasteiger partial charge in [-0.25, -0.2) is 17.6 Å². The highest BCUT2D eigenvalue weighted by atomic mass is 32.1. The molecular formula is C90H76F4N4O2S4. The molecule has 0 atom stereocenters. The van der Waals surface area contributed by atoms with Gasteiger partial charge in [-0.2, -0.15) is 21.0 Å². The van der Waals surface area contributed by atoms with Gasteiger partial charge in [0.15, 0.2) is 34.8 Å². The van der Waals surface area contributed by atoms with Crippen molar-refractivity contribution in [3.63, 3.8) is 0 Å². The van der Waals surface area contributed by atoms with Gasteiger partial charge in [-0.05, 0) is 167 Å². The largest absolute Gasteiger partial charge is 0.289 e. The minimum atomic E-state index is -1.21. The lowest BCUT2D eigenvalue weighted by Gasteiger charge is -2.34. The first kappa shape index (κ1) is 71.4. The van der Waals surface area contributed by atoms with E-state index in [-0.39, 0.29) is 44.5 Å². The average Bonchev–Trinajstić information content (AvgIpc) is 1.49. The van der Waals surface area contributed by atoms with Gasteiger partial charge >= 0.3 is 0 Å². The predicted octanol–water partition coefficient (Wildman–Crippen LogP) is 25.0. The van der Waals surface area contributed by atoms with Crippen molar-refractivity contribution in [2.45, 2.75) is 167 Å². The van der Waals surface area contributed by atoms with Crippen molar-refractivity contribution in [1.82, 2.24) is 0 Å². The van der Waals surface area contributed by atoms with Gasteiger partial charge in [-0.15, -0.1) is 45.3 Å². The smallest absolute Gasteiger partial charge is 0.194 e. The average molecular weight is 1450 g/mol. The number of allylic oxidation sites excluding steroid dienone is 6. The van der Waals surface area contributed by atoms with E-state index < -0.39 is 56.8 Å². The fourth-order valence-electron chi connectivity index (χ4n) is 16.4. The number of hydrogen-bond acceptors (Lipinski definition) is 10. The van der Waals surface area contributed by atoms with Crippen LogP contribution in [0.3, 0.4) is 0 Å². The van der Waals surface area contributed by atoms with E-state index in [9.17, 15) is 30.6 Å². The molecule has 10 aromatic rings. The molecule has 14 rings (SSSR count). The van der Waals surface area contributed by atoms with Crippen molar-refractivity contribution in [1.29, 1.82) is 21.0 Å². The minimum Gasteiger partial charge on any atom is -0.289 e. The first-order chi connectivity index (χ1) is 50.7. The zero-order valence-corrected chi connectivity index (χ0v) is 62.0. The third-order valence-electron chi connectivity index (χ3n) is 21.5. The normalized spacial score (nSPS) is 14.9. The number of carbonyl (C=O) groups is 2. The van der Waals surface area contributed by atoms with E-state index in [1.54, 1.807) is 34.8 Å². The SMILES string of the molecule is CCCCCCc1ccc(C2(c3ccc(CCCCCC)cc3)c3cc(/C=C4\C(=O)c5cc(F)c(F)cc5C4=C(C#N)C#N)sc3-c3sc4c5c(sc4c32)-c2sc(/C=C3\C(=O)c4cc(F)c(F)cc4C3=C(C#N)C#N)cc2C5(c2ccc(CCCCCC)cc2)c2ccc(CCCCCC)cc2)cc1. The maximum atomic E-state index is 15.3. The van der Waals surface area contributed by atoms with Gasteiger partial charge in [0.1, 0.15) is 35.4 Å². The molecule has 104 heavy (non-hydrogen) atoms. The van der Waals surface area contributed by atoms with Crippen LogP contribution in [0.4, 0.5) is 17.6 Å². The molecule has 0 saturated carbocycles. The Kier molecular flexibility index (Phi) is 20.7. The number of aryl methyl sites for hydroxylation is 4. The number of fused-ring (bicyclic) bond motifs is 11. The van der Waals surface area contributed by atoms with Crippen LogP contribution in [-0.2, 0) is 36.5 Å². The Morgan fingerprint density at radius 1 is 0.365 bits per heavy atom. The van der Waals surface area contributed by atoms with Crippen LogP contribution in [0.15, 0.2) is 156 Å². The number of ketones is 2. The van der Waals surface area contributed by atoms with Crippen LogP contribution in [0.2, 0.25) is 0 Å². The molecule has 0 unspecified atom stereocenters. The molecule has 4 heterocycles. The number of nitriles is 4. The molecule has 0 fully saturated rings. The summed E-state index contributed by atoms with van der Waals surface area (Å²) in [7, 11) is 0. The summed E-state index contributed by atoms with van der Waals surface area (Å²) >= 11 is 6.50. The topological polar surface area (TPSA) is 129 Å². The Bertz CT molecular complexity index is 4920. The quantitative estimate of drug-likeness (QED) is 0.0230. The lowest BCUT2D eigenvalue weighted by molar-refractivity contribution is 0.103. The number of Topliss-reactive ketones (excluding diaryl/α,β-unsaturated/α-hetero) is 2. The monoisotopic (exact) mass is 1450 g/mol. The third kappa shape index (κ3) is 12.3. The van der Waals surface area contributed by atoms with Crippen LogP contribution in [0.25, 0.3) is 52.2 Å². The van der Waals surface area contributed by atoms with Crippen molar-refractivity contribution in [3.8, 4) is 43.8 Å². The Hall–Kier alpha value is -9.64. The molecule has 4 aliphatic rings. The van der Waals surface area contributed by atoms with Crippen LogP contribution in [0.1, 0.15) is 239 Å². The number of hydrogen-bond donors (Lipinski definition) is 0. The van der Waals surface area contributed by atoms with Gasteiger partial charge in [0.25, 0.3) is 0 Å². The predicted molar refractivity (Wildman–Crippen MR) is 415 cm³/mol. The second kappa shape index (κ2) is 30.2. The van der Waals surface area contributed by atoms with Crippen LogP contribution in [0, 0.1) is 68.6 Å². The summed E-state index contributed by atoms with van der Waals surface area (Å²) in [4.78, 5) is 34.8. The molecule has 0 spiro atoms. The number of rotatable bonds is 26. The van der Waals surface area contributed by atoms with E-state index in [0.29, 0.717) is 9.75 Å². The molecule has 6 aromatic carbocycles. The van der Waals surface area contributed by atoms with E-state index in [1.807, 2.05) is 24.3 Å². The highest BCUT2D eigenvalue weighted by molar-refractivity contribution is 7.34.